The summed E-state index contributed by atoms with van der Waals surface area (Å²) in [5, 5.41) is 11.7. The summed E-state index contributed by atoms with van der Waals surface area (Å²) in [5.41, 5.74) is 1.95. The van der Waals surface area contributed by atoms with Crippen molar-refractivity contribution in [2.45, 2.75) is 26.5 Å². The molecule has 1 saturated heterocycles. The van der Waals surface area contributed by atoms with Crippen LogP contribution < -0.4 is 19.1 Å². The van der Waals surface area contributed by atoms with Crippen LogP contribution >= 0.6 is 11.3 Å². The van der Waals surface area contributed by atoms with Crippen molar-refractivity contribution >= 4 is 39.9 Å². The average Bonchev–Trinajstić information content (AvgIpc) is 3.56. The number of ketones is 1. The second-order valence-electron chi connectivity index (χ2n) is 10.0. The third kappa shape index (κ3) is 5.49. The first-order valence-electron chi connectivity index (χ1n) is 14.0. The van der Waals surface area contributed by atoms with Gasteiger partial charge in [-0.25, -0.2) is 9.78 Å². The Bertz CT molecular complexity index is 1780. The minimum absolute atomic E-state index is 0.120. The average molecular weight is 613 g/mol. The molecule has 0 spiro atoms. The fraction of sp³-hybridized carbons (Fsp3) is 0.212. The highest BCUT2D eigenvalue weighted by molar-refractivity contribution is 7.17. The van der Waals surface area contributed by atoms with Gasteiger partial charge in [0.2, 0.25) is 0 Å². The minimum Gasteiger partial charge on any atom is -0.507 e. The van der Waals surface area contributed by atoms with Gasteiger partial charge in [-0.3, -0.25) is 14.5 Å². The van der Waals surface area contributed by atoms with Gasteiger partial charge in [0.1, 0.15) is 36.2 Å². The highest BCUT2D eigenvalue weighted by atomic mass is 32.1. The Hall–Kier alpha value is -5.16. The summed E-state index contributed by atoms with van der Waals surface area (Å²) in [6.45, 7) is 4.53. The lowest BCUT2D eigenvalue weighted by Crippen LogP contribution is -2.29. The molecule has 3 aromatic carbocycles. The first-order valence-corrected chi connectivity index (χ1v) is 14.8. The van der Waals surface area contributed by atoms with Gasteiger partial charge in [0.25, 0.3) is 5.78 Å². The zero-order valence-corrected chi connectivity index (χ0v) is 24.8. The van der Waals surface area contributed by atoms with Gasteiger partial charge >= 0.3 is 11.9 Å². The number of carbonyl (C=O) groups excluding carboxylic acids is 3. The number of Topliss-reactive ketones (excluding diaryl/α,β-unsaturated/α-hetero) is 1. The molecule has 11 heteroatoms. The van der Waals surface area contributed by atoms with E-state index in [-0.39, 0.29) is 33.5 Å². The number of aliphatic hydroxyl groups excluding tert-OH is 1. The molecular weight excluding hydrogens is 584 g/mol. The Morgan fingerprint density at radius 1 is 1.02 bits per heavy atom. The van der Waals surface area contributed by atoms with Crippen LogP contribution in [0.4, 0.5) is 5.13 Å². The third-order valence-corrected chi connectivity index (χ3v) is 8.27. The first-order chi connectivity index (χ1) is 21.4. The van der Waals surface area contributed by atoms with E-state index in [4.69, 9.17) is 18.9 Å². The number of aliphatic hydroxyl groups is 1. The van der Waals surface area contributed by atoms with Gasteiger partial charge in [-0.1, -0.05) is 53.8 Å². The Morgan fingerprint density at radius 3 is 2.57 bits per heavy atom. The van der Waals surface area contributed by atoms with Crippen molar-refractivity contribution in [3.8, 4) is 17.2 Å². The van der Waals surface area contributed by atoms with Gasteiger partial charge in [-0.2, -0.15) is 0 Å². The molecule has 0 radical (unpaired) electrons. The molecule has 0 saturated carbocycles. The summed E-state index contributed by atoms with van der Waals surface area (Å²) in [6.07, 6.45) is 0. The van der Waals surface area contributed by atoms with Crippen molar-refractivity contribution in [2.75, 3.05) is 24.7 Å². The van der Waals surface area contributed by atoms with E-state index in [0.29, 0.717) is 48.3 Å². The molecule has 1 amide bonds. The van der Waals surface area contributed by atoms with Crippen molar-refractivity contribution in [1.29, 1.82) is 0 Å². The van der Waals surface area contributed by atoms with Gasteiger partial charge in [0.05, 0.1) is 23.9 Å². The van der Waals surface area contributed by atoms with Crippen molar-refractivity contribution in [3.63, 3.8) is 0 Å². The number of nitrogens with zero attached hydrogens (tertiary/aromatic N) is 2. The number of hydrogen-bond acceptors (Lipinski definition) is 10. The quantitative estimate of drug-likeness (QED) is 0.117. The summed E-state index contributed by atoms with van der Waals surface area (Å²) in [6, 6.07) is 20.3. The summed E-state index contributed by atoms with van der Waals surface area (Å²) < 4.78 is 22.5. The highest BCUT2D eigenvalue weighted by Crippen LogP contribution is 2.45. The summed E-state index contributed by atoms with van der Waals surface area (Å²) in [5.74, 6) is -1.33. The van der Waals surface area contributed by atoms with Crippen LogP contribution in [0.3, 0.4) is 0 Å². The fourth-order valence-electron chi connectivity index (χ4n) is 5.08. The van der Waals surface area contributed by atoms with E-state index in [2.05, 4.69) is 4.98 Å². The largest absolute Gasteiger partial charge is 0.507 e. The zero-order chi connectivity index (χ0) is 30.8. The molecule has 1 unspecified atom stereocenters. The van der Waals surface area contributed by atoms with Gasteiger partial charge in [-0.15, -0.1) is 0 Å². The topological polar surface area (TPSA) is 124 Å². The molecule has 2 aliphatic heterocycles. The molecule has 44 heavy (non-hydrogen) atoms. The number of aromatic nitrogens is 1. The first kappa shape index (κ1) is 28.9. The molecule has 0 aliphatic carbocycles. The standard InChI is InChI=1S/C33H28N2O8S/c1-3-40-32(39)30-19(2)34-33(44-30)35-27(21-10-7-11-23(16-21)43-18-20-8-5-4-6-9-20)26(29(37)31(35)38)28(36)22-12-13-24-25(17-22)42-15-14-41-24/h4-13,16-17,27,36H,3,14-15,18H2,1-2H3/b28-26-. The fourth-order valence-corrected chi connectivity index (χ4v) is 6.07. The predicted molar refractivity (Wildman–Crippen MR) is 162 cm³/mol. The number of anilines is 1. The van der Waals surface area contributed by atoms with E-state index in [9.17, 15) is 19.5 Å². The van der Waals surface area contributed by atoms with E-state index in [0.717, 1.165) is 16.9 Å². The van der Waals surface area contributed by atoms with Crippen LogP contribution in [-0.4, -0.2) is 47.6 Å². The number of benzene rings is 3. The molecule has 1 atom stereocenters. The molecule has 0 bridgehead atoms. The number of amides is 1. The normalized spacial score (nSPS) is 17.0. The number of rotatable bonds is 8. The Balaban J connectivity index is 1.46. The van der Waals surface area contributed by atoms with Crippen molar-refractivity contribution in [3.05, 3.63) is 106 Å². The van der Waals surface area contributed by atoms with E-state index in [1.807, 2.05) is 30.3 Å². The monoisotopic (exact) mass is 612 g/mol. The van der Waals surface area contributed by atoms with Crippen LogP contribution in [0.5, 0.6) is 17.2 Å². The number of hydrogen-bond donors (Lipinski definition) is 1. The number of aryl methyl sites for hydroxylation is 1. The van der Waals surface area contributed by atoms with Crippen LogP contribution in [0.1, 0.15) is 45.0 Å². The molecule has 3 heterocycles. The van der Waals surface area contributed by atoms with Crippen LogP contribution in [0, 0.1) is 6.92 Å². The molecule has 2 aliphatic rings. The summed E-state index contributed by atoms with van der Waals surface area (Å²) in [7, 11) is 0. The summed E-state index contributed by atoms with van der Waals surface area (Å²) >= 11 is 0.944. The lowest BCUT2D eigenvalue weighted by molar-refractivity contribution is -0.132. The smallest absolute Gasteiger partial charge is 0.350 e. The van der Waals surface area contributed by atoms with Crippen LogP contribution in [0.25, 0.3) is 5.76 Å². The second kappa shape index (κ2) is 12.2. The van der Waals surface area contributed by atoms with Crippen LogP contribution in [0.2, 0.25) is 0 Å². The molecule has 10 nitrogen and oxygen atoms in total. The van der Waals surface area contributed by atoms with Gasteiger partial charge < -0.3 is 24.1 Å². The number of esters is 1. The zero-order valence-electron chi connectivity index (χ0n) is 23.9. The number of fused-ring (bicyclic) bond motifs is 1. The van der Waals surface area contributed by atoms with E-state index in [1.54, 1.807) is 56.3 Å². The molecular formula is C33H28N2O8S. The maximum atomic E-state index is 13.7. The molecule has 1 N–H and O–H groups in total. The van der Waals surface area contributed by atoms with Gasteiger partial charge in [-0.05, 0) is 55.3 Å². The van der Waals surface area contributed by atoms with Crippen molar-refractivity contribution < 1.29 is 38.4 Å². The third-order valence-electron chi connectivity index (χ3n) is 7.13. The van der Waals surface area contributed by atoms with Crippen molar-refractivity contribution in [1.82, 2.24) is 4.98 Å². The molecule has 224 valence electrons. The van der Waals surface area contributed by atoms with Crippen molar-refractivity contribution in [2.24, 2.45) is 0 Å². The van der Waals surface area contributed by atoms with Gasteiger partial charge in [0, 0.05) is 5.56 Å². The van der Waals surface area contributed by atoms with Crippen LogP contribution in [-0.2, 0) is 20.9 Å². The van der Waals surface area contributed by atoms with Crippen LogP contribution in [0.15, 0.2) is 78.4 Å². The van der Waals surface area contributed by atoms with E-state index in [1.165, 1.54) is 4.90 Å². The highest BCUT2D eigenvalue weighted by Gasteiger charge is 2.48. The summed E-state index contributed by atoms with van der Waals surface area (Å²) in [4.78, 5) is 45.9. The van der Waals surface area contributed by atoms with E-state index >= 15 is 0 Å². The minimum atomic E-state index is -1.08. The lowest BCUT2D eigenvalue weighted by atomic mass is 9.95. The van der Waals surface area contributed by atoms with Gasteiger partial charge in [0.15, 0.2) is 16.6 Å². The predicted octanol–water partition coefficient (Wildman–Crippen LogP) is 5.60. The van der Waals surface area contributed by atoms with E-state index < -0.39 is 23.7 Å². The SMILES string of the molecule is CCOC(=O)c1sc(N2C(=O)C(=O)/C(=C(\O)c3ccc4c(c3)OCCO4)C2c2cccc(OCc3ccccc3)c2)nc1C. The molecule has 1 fully saturated rings. The maximum Gasteiger partial charge on any atom is 0.350 e. The number of carbonyl (C=O) groups is 3. The lowest BCUT2D eigenvalue weighted by Gasteiger charge is -2.24. The Morgan fingerprint density at radius 2 is 1.80 bits per heavy atom. The Labute approximate surface area is 257 Å². The number of thiazole rings is 1. The molecule has 1 aromatic heterocycles. The maximum absolute atomic E-state index is 13.7. The Kier molecular flexibility index (Phi) is 8.03. The number of ether oxygens (including phenoxy) is 4. The molecule has 6 rings (SSSR count). The molecule has 4 aromatic rings. The second-order valence-corrected chi connectivity index (χ2v) is 11.0.